The maximum Gasteiger partial charge on any atom is 0.321 e. The minimum absolute atomic E-state index is 0.114. The second kappa shape index (κ2) is 7.03. The molecule has 7 nitrogen and oxygen atoms in total. The van der Waals surface area contributed by atoms with E-state index >= 15 is 0 Å². The third kappa shape index (κ3) is 3.00. The third-order valence-corrected chi connectivity index (χ3v) is 5.12. The largest absolute Gasteiger partial charge is 0.493 e. The summed E-state index contributed by atoms with van der Waals surface area (Å²) in [6, 6.07) is 8.06. The Hall–Kier alpha value is -3.29. The van der Waals surface area contributed by atoms with Crippen LogP contribution < -0.4 is 25.0 Å². The van der Waals surface area contributed by atoms with Gasteiger partial charge in [0.15, 0.2) is 11.5 Å². The molecule has 2 aliphatic rings. The molecule has 0 saturated carbocycles. The number of hydrogen-bond donors (Lipinski definition) is 2. The number of halogens is 1. The second-order valence-corrected chi connectivity index (χ2v) is 6.69. The zero-order valence-corrected chi connectivity index (χ0v) is 15.5. The molecule has 1 atom stereocenters. The molecule has 2 aromatic carbocycles. The van der Waals surface area contributed by atoms with E-state index in [1.807, 2.05) is 12.1 Å². The molecule has 0 aromatic heterocycles. The normalized spacial score (nSPS) is 18.4. The number of methoxy groups -OCH3 is 2. The summed E-state index contributed by atoms with van der Waals surface area (Å²) in [5.74, 6) is -0.456. The lowest BCUT2D eigenvalue weighted by atomic mass is 9.84. The van der Waals surface area contributed by atoms with E-state index in [1.165, 1.54) is 20.3 Å². The number of hydrogen-bond acceptors (Lipinski definition) is 4. The highest BCUT2D eigenvalue weighted by Crippen LogP contribution is 2.42. The summed E-state index contributed by atoms with van der Waals surface area (Å²) in [6.45, 7) is 1.13. The minimum atomic E-state index is -0.468. The molecule has 2 heterocycles. The first-order valence-corrected chi connectivity index (χ1v) is 8.92. The van der Waals surface area contributed by atoms with Crippen molar-refractivity contribution in [3.8, 4) is 11.5 Å². The van der Waals surface area contributed by atoms with Crippen LogP contribution in [0.15, 0.2) is 30.3 Å². The molecule has 4 rings (SSSR count). The molecule has 0 spiro atoms. The number of nitrogens with one attached hydrogen (secondary N) is 2. The van der Waals surface area contributed by atoms with Crippen LogP contribution in [-0.4, -0.2) is 39.2 Å². The molecular formula is C20H20FN3O4. The number of amides is 3. The Balaban J connectivity index is 1.77. The van der Waals surface area contributed by atoms with Gasteiger partial charge in [-0.3, -0.25) is 9.69 Å². The van der Waals surface area contributed by atoms with Crippen molar-refractivity contribution in [2.24, 2.45) is 0 Å². The zero-order chi connectivity index (χ0) is 19.8. The number of nitrogens with zero attached hydrogens (tertiary/aromatic N) is 1. The summed E-state index contributed by atoms with van der Waals surface area (Å²) in [4.78, 5) is 25.8. The Bertz CT molecular complexity index is 963. The highest BCUT2D eigenvalue weighted by atomic mass is 19.1. The number of carbonyl (C=O) groups excluding carboxylic acids is 2. The van der Waals surface area contributed by atoms with E-state index in [0.29, 0.717) is 41.5 Å². The highest BCUT2D eigenvalue weighted by Gasteiger charge is 2.31. The molecule has 2 aliphatic heterocycles. The Labute approximate surface area is 161 Å². The molecule has 28 heavy (non-hydrogen) atoms. The summed E-state index contributed by atoms with van der Waals surface area (Å²) in [6.07, 6.45) is 0.114. The minimum Gasteiger partial charge on any atom is -0.493 e. The molecule has 0 radical (unpaired) electrons. The van der Waals surface area contributed by atoms with Crippen LogP contribution in [0.5, 0.6) is 11.5 Å². The van der Waals surface area contributed by atoms with E-state index in [9.17, 15) is 14.0 Å². The molecule has 0 bridgehead atoms. The molecule has 1 fully saturated rings. The number of carbonyl (C=O) groups is 2. The van der Waals surface area contributed by atoms with Crippen LogP contribution in [0.3, 0.4) is 0 Å². The van der Waals surface area contributed by atoms with Gasteiger partial charge in [-0.1, -0.05) is 6.07 Å². The number of fused-ring (bicyclic) bond motifs is 1. The van der Waals surface area contributed by atoms with Gasteiger partial charge >= 0.3 is 6.03 Å². The topological polar surface area (TPSA) is 79.9 Å². The summed E-state index contributed by atoms with van der Waals surface area (Å²) >= 11 is 0. The van der Waals surface area contributed by atoms with Gasteiger partial charge in [0.2, 0.25) is 5.91 Å². The van der Waals surface area contributed by atoms with Gasteiger partial charge in [-0.05, 0) is 29.3 Å². The highest BCUT2D eigenvalue weighted by molar-refractivity contribution is 5.98. The molecular weight excluding hydrogens is 365 g/mol. The third-order valence-electron chi connectivity index (χ3n) is 5.12. The van der Waals surface area contributed by atoms with Crippen molar-refractivity contribution in [3.63, 3.8) is 0 Å². The van der Waals surface area contributed by atoms with Crippen LogP contribution in [0.1, 0.15) is 23.5 Å². The zero-order valence-electron chi connectivity index (χ0n) is 15.5. The first-order valence-electron chi connectivity index (χ1n) is 8.92. The van der Waals surface area contributed by atoms with Crippen molar-refractivity contribution in [1.82, 2.24) is 5.32 Å². The predicted molar refractivity (Wildman–Crippen MR) is 102 cm³/mol. The molecule has 0 aliphatic carbocycles. The standard InChI is InChI=1S/C20H20FN3O4/c1-27-17-8-14(15(21)10-18(17)28-2)13-9-19(25)23-16-7-11(3-4-12(13)16)24-6-5-22-20(24)26/h3-4,7-8,10,13H,5-6,9H2,1-2H3,(H,22,26)(H,23,25)/t13-/m0/s1. The molecule has 146 valence electrons. The van der Waals surface area contributed by atoms with Crippen LogP contribution in [0.2, 0.25) is 0 Å². The molecule has 1 saturated heterocycles. The van der Waals surface area contributed by atoms with Crippen molar-refractivity contribution in [2.75, 3.05) is 37.5 Å². The van der Waals surface area contributed by atoms with Crippen molar-refractivity contribution in [3.05, 3.63) is 47.3 Å². The van der Waals surface area contributed by atoms with Crippen LogP contribution >= 0.6 is 0 Å². The van der Waals surface area contributed by atoms with E-state index in [-0.39, 0.29) is 18.4 Å². The fourth-order valence-electron chi connectivity index (χ4n) is 3.75. The number of anilines is 2. The lowest BCUT2D eigenvalue weighted by molar-refractivity contribution is -0.116. The summed E-state index contributed by atoms with van der Waals surface area (Å²) in [5.41, 5.74) is 2.41. The number of benzene rings is 2. The Morgan fingerprint density at radius 2 is 1.82 bits per heavy atom. The van der Waals surface area contributed by atoms with Gasteiger partial charge in [0.25, 0.3) is 0 Å². The molecule has 0 unspecified atom stereocenters. The van der Waals surface area contributed by atoms with E-state index in [1.54, 1.807) is 17.0 Å². The van der Waals surface area contributed by atoms with E-state index in [2.05, 4.69) is 10.6 Å². The van der Waals surface area contributed by atoms with E-state index in [4.69, 9.17) is 9.47 Å². The predicted octanol–water partition coefficient (Wildman–Crippen LogP) is 2.85. The second-order valence-electron chi connectivity index (χ2n) is 6.69. The SMILES string of the molecule is COc1cc(F)c([C@H]2CC(=O)Nc3cc(N4CCNC4=O)ccc32)cc1OC. The van der Waals surface area contributed by atoms with Crippen LogP contribution in [0.25, 0.3) is 0 Å². The lowest BCUT2D eigenvalue weighted by Crippen LogP contribution is -2.29. The summed E-state index contributed by atoms with van der Waals surface area (Å²) in [7, 11) is 2.92. The van der Waals surface area contributed by atoms with Gasteiger partial charge in [-0.2, -0.15) is 0 Å². The summed E-state index contributed by atoms with van der Waals surface area (Å²) < 4.78 is 25.2. The van der Waals surface area contributed by atoms with Crippen LogP contribution in [-0.2, 0) is 4.79 Å². The van der Waals surface area contributed by atoms with E-state index < -0.39 is 11.7 Å². The average molecular weight is 385 g/mol. The van der Waals surface area contributed by atoms with E-state index in [0.717, 1.165) is 5.56 Å². The van der Waals surface area contributed by atoms with Gasteiger partial charge in [0.05, 0.1) is 14.2 Å². The van der Waals surface area contributed by atoms with Gasteiger partial charge in [0.1, 0.15) is 5.82 Å². The van der Waals surface area contributed by atoms with Gasteiger partial charge in [-0.25, -0.2) is 9.18 Å². The quantitative estimate of drug-likeness (QED) is 0.848. The molecule has 3 amide bonds. The Kier molecular flexibility index (Phi) is 4.54. The van der Waals surface area contributed by atoms with Crippen molar-refractivity contribution in [1.29, 1.82) is 0 Å². The fourth-order valence-corrected chi connectivity index (χ4v) is 3.75. The van der Waals surface area contributed by atoms with Crippen molar-refractivity contribution < 1.29 is 23.5 Å². The molecule has 2 aromatic rings. The first-order chi connectivity index (χ1) is 13.5. The number of ether oxygens (including phenoxy) is 2. The van der Waals surface area contributed by atoms with Crippen molar-refractivity contribution >= 4 is 23.3 Å². The summed E-state index contributed by atoms with van der Waals surface area (Å²) in [5, 5.41) is 5.58. The maximum absolute atomic E-state index is 14.8. The van der Waals surface area contributed by atoms with Crippen molar-refractivity contribution in [2.45, 2.75) is 12.3 Å². The van der Waals surface area contributed by atoms with Crippen LogP contribution in [0.4, 0.5) is 20.6 Å². The lowest BCUT2D eigenvalue weighted by Gasteiger charge is -2.28. The monoisotopic (exact) mass is 385 g/mol. The molecule has 8 heteroatoms. The number of urea groups is 1. The van der Waals surface area contributed by atoms with Gasteiger partial charge < -0.3 is 20.1 Å². The smallest absolute Gasteiger partial charge is 0.321 e. The van der Waals surface area contributed by atoms with Crippen LogP contribution in [0, 0.1) is 5.82 Å². The van der Waals surface area contributed by atoms with Gasteiger partial charge in [-0.15, -0.1) is 0 Å². The molecule has 2 N–H and O–H groups in total. The Morgan fingerprint density at radius 1 is 1.07 bits per heavy atom. The average Bonchev–Trinajstić information content (AvgIpc) is 3.12. The Morgan fingerprint density at radius 3 is 2.50 bits per heavy atom. The fraction of sp³-hybridized carbons (Fsp3) is 0.300. The first kappa shape index (κ1) is 18.1. The number of rotatable bonds is 4. The maximum atomic E-state index is 14.8. The van der Waals surface area contributed by atoms with Gasteiger partial charge in [0, 0.05) is 42.9 Å².